The van der Waals surface area contributed by atoms with Crippen LogP contribution in [0.25, 0.3) is 0 Å². The minimum atomic E-state index is 0.0110. The Balaban J connectivity index is 4.00. The molecular formula is C13H21ClOS. The Kier molecular flexibility index (Phi) is 7.86. The Hall–Kier alpha value is -0.210. The summed E-state index contributed by atoms with van der Waals surface area (Å²) in [5.74, 6) is 1.05. The van der Waals surface area contributed by atoms with Crippen molar-refractivity contribution in [1.29, 1.82) is 0 Å². The lowest BCUT2D eigenvalue weighted by atomic mass is 9.89. The second kappa shape index (κ2) is 7.97. The van der Waals surface area contributed by atoms with Crippen LogP contribution in [0.1, 0.15) is 34.1 Å². The van der Waals surface area contributed by atoms with Gasteiger partial charge in [-0.05, 0) is 29.9 Å². The molecule has 16 heavy (non-hydrogen) atoms. The van der Waals surface area contributed by atoms with Crippen LogP contribution in [0.3, 0.4) is 0 Å². The number of carbonyl (C=O) groups is 1. The monoisotopic (exact) mass is 260 g/mol. The molecule has 0 amide bonds. The largest absolute Gasteiger partial charge is 0.303 e. The summed E-state index contributed by atoms with van der Waals surface area (Å²) < 4.78 is 0. The molecular weight excluding hydrogens is 240 g/mol. The van der Waals surface area contributed by atoms with Gasteiger partial charge in [-0.25, -0.2) is 0 Å². The number of hydrogen-bond acceptors (Lipinski definition) is 2. The highest BCUT2D eigenvalue weighted by molar-refractivity contribution is 8.02. The van der Waals surface area contributed by atoms with Crippen molar-refractivity contribution in [3.8, 4) is 0 Å². The topological polar surface area (TPSA) is 17.1 Å². The first-order valence-electron chi connectivity index (χ1n) is 5.46. The number of hydrogen-bond donors (Lipinski definition) is 0. The van der Waals surface area contributed by atoms with E-state index in [0.29, 0.717) is 0 Å². The van der Waals surface area contributed by atoms with Gasteiger partial charge in [0.05, 0.1) is 0 Å². The smallest absolute Gasteiger partial charge is 0.126 e. The molecule has 0 N–H and O–H groups in total. The highest BCUT2D eigenvalue weighted by Crippen LogP contribution is 2.26. The van der Waals surface area contributed by atoms with E-state index < -0.39 is 0 Å². The molecule has 0 aliphatic carbocycles. The third kappa shape index (κ3) is 9.05. The maximum absolute atomic E-state index is 10.5. The molecule has 1 atom stereocenters. The summed E-state index contributed by atoms with van der Waals surface area (Å²) in [6.07, 6.45) is 6.13. The van der Waals surface area contributed by atoms with Gasteiger partial charge < -0.3 is 4.79 Å². The maximum Gasteiger partial charge on any atom is 0.126 e. The van der Waals surface area contributed by atoms with Crippen molar-refractivity contribution >= 4 is 29.6 Å². The Morgan fingerprint density at radius 1 is 1.50 bits per heavy atom. The molecule has 0 fully saturated rings. The van der Waals surface area contributed by atoms with E-state index in [2.05, 4.69) is 19.9 Å². The number of allylic oxidation sites excluding steroid dienone is 3. The Morgan fingerprint density at radius 2 is 2.12 bits per heavy atom. The van der Waals surface area contributed by atoms with Gasteiger partial charge in [-0.1, -0.05) is 44.5 Å². The van der Waals surface area contributed by atoms with E-state index >= 15 is 0 Å². The van der Waals surface area contributed by atoms with Gasteiger partial charge >= 0.3 is 0 Å². The SMILES string of the molecule is C/C(Cl)=C/SCCC(C)(C)/C=C/C(C)C=O. The van der Waals surface area contributed by atoms with Gasteiger partial charge in [-0.3, -0.25) is 0 Å². The molecule has 0 saturated heterocycles. The van der Waals surface area contributed by atoms with Crippen molar-refractivity contribution in [3.63, 3.8) is 0 Å². The Labute approximate surface area is 108 Å². The van der Waals surface area contributed by atoms with E-state index in [-0.39, 0.29) is 11.3 Å². The molecule has 1 unspecified atom stereocenters. The van der Waals surface area contributed by atoms with Crippen LogP contribution in [0.15, 0.2) is 22.6 Å². The lowest BCUT2D eigenvalue weighted by molar-refractivity contribution is -0.109. The summed E-state index contributed by atoms with van der Waals surface area (Å²) in [4.78, 5) is 10.5. The average Bonchev–Trinajstić information content (AvgIpc) is 2.21. The fourth-order valence-electron chi connectivity index (χ4n) is 1.04. The number of rotatable bonds is 7. The summed E-state index contributed by atoms with van der Waals surface area (Å²) in [5, 5.41) is 2.79. The van der Waals surface area contributed by atoms with Gasteiger partial charge in [-0.2, -0.15) is 0 Å². The van der Waals surface area contributed by atoms with Gasteiger partial charge in [0, 0.05) is 11.0 Å². The highest BCUT2D eigenvalue weighted by Gasteiger charge is 2.13. The molecule has 0 saturated carbocycles. The average molecular weight is 261 g/mol. The van der Waals surface area contributed by atoms with E-state index in [4.69, 9.17) is 11.6 Å². The molecule has 3 heteroatoms. The summed E-state index contributed by atoms with van der Waals surface area (Å²) in [5.41, 5.74) is 0.137. The maximum atomic E-state index is 10.5. The predicted molar refractivity (Wildman–Crippen MR) is 74.8 cm³/mol. The predicted octanol–water partition coefficient (Wildman–Crippen LogP) is 4.63. The molecule has 0 radical (unpaired) electrons. The van der Waals surface area contributed by atoms with Crippen molar-refractivity contribution < 1.29 is 4.79 Å². The molecule has 0 aromatic heterocycles. The normalized spacial score (nSPS) is 15.4. The van der Waals surface area contributed by atoms with Gasteiger partial charge in [0.25, 0.3) is 0 Å². The lowest BCUT2D eigenvalue weighted by Gasteiger charge is -2.19. The van der Waals surface area contributed by atoms with Crippen LogP contribution in [0.5, 0.6) is 0 Å². The van der Waals surface area contributed by atoms with Gasteiger partial charge in [0.2, 0.25) is 0 Å². The van der Waals surface area contributed by atoms with Crippen LogP contribution < -0.4 is 0 Å². The molecule has 1 nitrogen and oxygen atoms in total. The molecule has 0 aromatic carbocycles. The van der Waals surface area contributed by atoms with Crippen molar-refractivity contribution in [2.75, 3.05) is 5.75 Å². The second-order valence-electron chi connectivity index (χ2n) is 4.67. The molecule has 0 aliphatic rings. The molecule has 0 spiro atoms. The molecule has 0 aliphatic heterocycles. The first-order valence-corrected chi connectivity index (χ1v) is 6.88. The minimum absolute atomic E-state index is 0.0110. The summed E-state index contributed by atoms with van der Waals surface area (Å²) in [6.45, 7) is 8.14. The molecule has 0 rings (SSSR count). The van der Waals surface area contributed by atoms with Gasteiger partial charge in [0.15, 0.2) is 0 Å². The zero-order valence-corrected chi connectivity index (χ0v) is 12.1. The van der Waals surface area contributed by atoms with Crippen LogP contribution in [-0.2, 0) is 4.79 Å². The minimum Gasteiger partial charge on any atom is -0.303 e. The Morgan fingerprint density at radius 3 is 2.62 bits per heavy atom. The number of carbonyl (C=O) groups excluding carboxylic acids is 1. The summed E-state index contributed by atoms with van der Waals surface area (Å²) in [7, 11) is 0. The molecule has 0 aromatic rings. The molecule has 0 heterocycles. The van der Waals surface area contributed by atoms with E-state index in [1.54, 1.807) is 11.8 Å². The number of thioether (sulfide) groups is 1. The summed E-state index contributed by atoms with van der Waals surface area (Å²) >= 11 is 7.47. The van der Waals surface area contributed by atoms with E-state index in [0.717, 1.165) is 23.5 Å². The van der Waals surface area contributed by atoms with Crippen molar-refractivity contribution in [2.24, 2.45) is 11.3 Å². The van der Waals surface area contributed by atoms with Crippen LogP contribution in [-0.4, -0.2) is 12.0 Å². The van der Waals surface area contributed by atoms with E-state index in [1.807, 2.05) is 25.3 Å². The molecule has 0 bridgehead atoms. The zero-order chi connectivity index (χ0) is 12.6. The van der Waals surface area contributed by atoms with Crippen LogP contribution in [0.2, 0.25) is 0 Å². The number of halogens is 1. The Bertz CT molecular complexity index is 265. The van der Waals surface area contributed by atoms with E-state index in [1.165, 1.54) is 0 Å². The number of aldehydes is 1. The quantitative estimate of drug-likeness (QED) is 0.377. The lowest BCUT2D eigenvalue weighted by Crippen LogP contribution is -2.09. The second-order valence-corrected chi connectivity index (χ2v) is 6.24. The molecule has 92 valence electrons. The standard InChI is InChI=1S/C13H21ClOS/c1-11(9-15)5-6-13(3,4)7-8-16-10-12(2)14/h5-6,9-11H,7-8H2,1-4H3/b6-5+,12-10-. The third-order valence-corrected chi connectivity index (χ3v) is 3.37. The first kappa shape index (κ1) is 15.8. The van der Waals surface area contributed by atoms with Crippen LogP contribution >= 0.6 is 23.4 Å². The third-order valence-electron chi connectivity index (χ3n) is 2.18. The van der Waals surface area contributed by atoms with Crippen molar-refractivity contribution in [1.82, 2.24) is 0 Å². The fourth-order valence-corrected chi connectivity index (χ4v) is 2.22. The van der Waals surface area contributed by atoms with Crippen molar-refractivity contribution in [2.45, 2.75) is 34.1 Å². The van der Waals surface area contributed by atoms with Crippen LogP contribution in [0, 0.1) is 11.3 Å². The van der Waals surface area contributed by atoms with E-state index in [9.17, 15) is 4.79 Å². The summed E-state index contributed by atoms with van der Waals surface area (Å²) in [6, 6.07) is 0. The highest BCUT2D eigenvalue weighted by atomic mass is 35.5. The van der Waals surface area contributed by atoms with Crippen molar-refractivity contribution in [3.05, 3.63) is 22.6 Å². The zero-order valence-electron chi connectivity index (χ0n) is 10.5. The van der Waals surface area contributed by atoms with Crippen LogP contribution in [0.4, 0.5) is 0 Å². The van der Waals surface area contributed by atoms with Gasteiger partial charge in [-0.15, -0.1) is 11.8 Å². The van der Waals surface area contributed by atoms with Gasteiger partial charge in [0.1, 0.15) is 6.29 Å². The first-order chi connectivity index (χ1) is 7.37. The fraction of sp³-hybridized carbons (Fsp3) is 0.615.